The highest BCUT2D eigenvalue weighted by atomic mass is 16.3. The molecule has 1 unspecified atom stereocenters. The van der Waals surface area contributed by atoms with Crippen LogP contribution in [0.4, 0.5) is 11.4 Å². The SMILES string of the molecule is CNC(O)c1ccc2nccc(N3CCCc4cc(-c5cnn(C)c5)ccc43)c2c1. The lowest BCUT2D eigenvalue weighted by Crippen LogP contribution is -2.25. The number of aliphatic hydroxyl groups excluding tert-OH is 1. The Bertz CT molecular complexity index is 1220. The lowest BCUT2D eigenvalue weighted by Gasteiger charge is -2.32. The molecule has 0 aliphatic carbocycles. The molecule has 2 aromatic heterocycles. The number of anilines is 2. The van der Waals surface area contributed by atoms with Crippen molar-refractivity contribution in [1.29, 1.82) is 0 Å². The van der Waals surface area contributed by atoms with Crippen molar-refractivity contribution in [3.05, 3.63) is 72.2 Å². The van der Waals surface area contributed by atoms with Gasteiger partial charge < -0.3 is 10.0 Å². The summed E-state index contributed by atoms with van der Waals surface area (Å²) >= 11 is 0. The van der Waals surface area contributed by atoms with Crippen LogP contribution in [0.1, 0.15) is 23.8 Å². The highest BCUT2D eigenvalue weighted by molar-refractivity contribution is 5.94. The van der Waals surface area contributed by atoms with Crippen LogP contribution >= 0.6 is 0 Å². The summed E-state index contributed by atoms with van der Waals surface area (Å²) in [4.78, 5) is 6.92. The smallest absolute Gasteiger partial charge is 0.130 e. The minimum Gasteiger partial charge on any atom is -0.374 e. The second-order valence-corrected chi connectivity index (χ2v) is 7.80. The zero-order valence-corrected chi connectivity index (χ0v) is 17.2. The largest absolute Gasteiger partial charge is 0.374 e. The molecule has 0 saturated carbocycles. The van der Waals surface area contributed by atoms with E-state index in [1.807, 2.05) is 48.5 Å². The summed E-state index contributed by atoms with van der Waals surface area (Å²) in [7, 11) is 3.69. The number of hydrogen-bond acceptors (Lipinski definition) is 5. The molecule has 0 amide bonds. The first-order chi connectivity index (χ1) is 14.6. The Hall–Kier alpha value is -3.22. The number of rotatable bonds is 4. The van der Waals surface area contributed by atoms with Crippen molar-refractivity contribution in [3.63, 3.8) is 0 Å². The van der Waals surface area contributed by atoms with Crippen LogP contribution in [-0.4, -0.2) is 33.5 Å². The van der Waals surface area contributed by atoms with Gasteiger partial charge in [-0.15, -0.1) is 0 Å². The standard InChI is InChI=1S/C24H25N5O/c1-25-24(30)18-5-7-21-20(13-18)23(9-10-26-21)29-11-3-4-17-12-16(6-8-22(17)29)19-14-27-28(2)15-19/h5-10,12-15,24-25,30H,3-4,11H2,1-2H3. The number of benzene rings is 2. The van der Waals surface area contributed by atoms with Crippen molar-refractivity contribution in [3.8, 4) is 11.1 Å². The van der Waals surface area contributed by atoms with Gasteiger partial charge in [-0.1, -0.05) is 12.1 Å². The number of pyridine rings is 1. The Morgan fingerprint density at radius 3 is 2.77 bits per heavy atom. The molecule has 0 spiro atoms. The molecule has 6 nitrogen and oxygen atoms in total. The summed E-state index contributed by atoms with van der Waals surface area (Å²) in [5.41, 5.74) is 7.81. The zero-order valence-electron chi connectivity index (χ0n) is 17.2. The Morgan fingerprint density at radius 2 is 1.97 bits per heavy atom. The van der Waals surface area contributed by atoms with Gasteiger partial charge in [0.25, 0.3) is 0 Å². The molecule has 0 radical (unpaired) electrons. The highest BCUT2D eigenvalue weighted by Crippen LogP contribution is 2.39. The molecule has 4 aromatic rings. The van der Waals surface area contributed by atoms with Crippen LogP contribution in [0.3, 0.4) is 0 Å². The molecule has 2 aromatic carbocycles. The summed E-state index contributed by atoms with van der Waals surface area (Å²) in [5.74, 6) is 0. The van der Waals surface area contributed by atoms with E-state index in [9.17, 15) is 5.11 Å². The van der Waals surface area contributed by atoms with Crippen molar-refractivity contribution in [2.24, 2.45) is 7.05 Å². The van der Waals surface area contributed by atoms with Crippen LogP contribution in [-0.2, 0) is 13.5 Å². The first-order valence-electron chi connectivity index (χ1n) is 10.3. The van der Waals surface area contributed by atoms with E-state index < -0.39 is 6.23 Å². The van der Waals surface area contributed by atoms with Gasteiger partial charge in [-0.3, -0.25) is 15.0 Å². The third kappa shape index (κ3) is 3.24. The van der Waals surface area contributed by atoms with E-state index in [1.165, 1.54) is 16.8 Å². The van der Waals surface area contributed by atoms with Crippen LogP contribution in [0, 0.1) is 0 Å². The first kappa shape index (κ1) is 18.8. The molecule has 5 rings (SSSR count). The second-order valence-electron chi connectivity index (χ2n) is 7.80. The fourth-order valence-corrected chi connectivity index (χ4v) is 4.32. The Kier molecular flexibility index (Phi) is 4.73. The molecule has 152 valence electrons. The van der Waals surface area contributed by atoms with E-state index in [2.05, 4.69) is 44.6 Å². The van der Waals surface area contributed by atoms with Gasteiger partial charge in [-0.2, -0.15) is 5.10 Å². The van der Waals surface area contributed by atoms with E-state index in [0.29, 0.717) is 0 Å². The van der Waals surface area contributed by atoms with E-state index in [0.717, 1.165) is 47.1 Å². The number of aryl methyl sites for hydroxylation is 2. The van der Waals surface area contributed by atoms with Crippen molar-refractivity contribution < 1.29 is 5.11 Å². The maximum atomic E-state index is 10.2. The fraction of sp³-hybridized carbons (Fsp3) is 0.250. The quantitative estimate of drug-likeness (QED) is 0.509. The van der Waals surface area contributed by atoms with Gasteiger partial charge in [0.05, 0.1) is 17.4 Å². The molecular weight excluding hydrogens is 374 g/mol. The van der Waals surface area contributed by atoms with Crippen molar-refractivity contribution in [2.45, 2.75) is 19.1 Å². The van der Waals surface area contributed by atoms with Crippen LogP contribution in [0.2, 0.25) is 0 Å². The van der Waals surface area contributed by atoms with Crippen molar-refractivity contribution in [1.82, 2.24) is 20.1 Å². The van der Waals surface area contributed by atoms with Gasteiger partial charge in [-0.25, -0.2) is 0 Å². The number of nitrogens with zero attached hydrogens (tertiary/aromatic N) is 4. The summed E-state index contributed by atoms with van der Waals surface area (Å²) in [6.07, 6.45) is 7.28. The molecule has 1 atom stereocenters. The summed E-state index contributed by atoms with van der Waals surface area (Å²) in [6, 6.07) is 14.7. The van der Waals surface area contributed by atoms with E-state index >= 15 is 0 Å². The number of aliphatic hydroxyl groups is 1. The Balaban J connectivity index is 1.60. The third-order valence-corrected chi connectivity index (χ3v) is 5.86. The minimum absolute atomic E-state index is 0.696. The molecule has 1 aliphatic heterocycles. The molecule has 1 aliphatic rings. The van der Waals surface area contributed by atoms with Crippen molar-refractivity contribution >= 4 is 22.3 Å². The predicted molar refractivity (Wildman–Crippen MR) is 120 cm³/mol. The monoisotopic (exact) mass is 399 g/mol. The minimum atomic E-state index is -0.696. The summed E-state index contributed by atoms with van der Waals surface area (Å²) in [5, 5.41) is 18.5. The molecular formula is C24H25N5O. The average Bonchev–Trinajstić information content (AvgIpc) is 3.23. The van der Waals surface area contributed by atoms with Gasteiger partial charge in [0.15, 0.2) is 0 Å². The lowest BCUT2D eigenvalue weighted by atomic mass is 9.96. The Labute approximate surface area is 175 Å². The van der Waals surface area contributed by atoms with Gasteiger partial charge in [-0.05, 0) is 66.9 Å². The van der Waals surface area contributed by atoms with Gasteiger partial charge in [0.2, 0.25) is 0 Å². The molecule has 2 N–H and O–H groups in total. The predicted octanol–water partition coefficient (Wildman–Crippen LogP) is 3.93. The van der Waals surface area contributed by atoms with Crippen molar-refractivity contribution in [2.75, 3.05) is 18.5 Å². The van der Waals surface area contributed by atoms with E-state index in [-0.39, 0.29) is 0 Å². The van der Waals surface area contributed by atoms with Gasteiger partial charge >= 0.3 is 0 Å². The highest BCUT2D eigenvalue weighted by Gasteiger charge is 2.21. The zero-order chi connectivity index (χ0) is 20.7. The van der Waals surface area contributed by atoms with Crippen LogP contribution < -0.4 is 10.2 Å². The first-order valence-corrected chi connectivity index (χ1v) is 10.3. The molecule has 0 bridgehead atoms. The summed E-state index contributed by atoms with van der Waals surface area (Å²) < 4.78 is 1.83. The maximum Gasteiger partial charge on any atom is 0.130 e. The number of fused-ring (bicyclic) bond motifs is 2. The van der Waals surface area contributed by atoms with E-state index in [1.54, 1.807) is 7.05 Å². The van der Waals surface area contributed by atoms with Crippen LogP contribution in [0.25, 0.3) is 22.0 Å². The molecule has 3 heterocycles. The number of aromatic nitrogens is 3. The van der Waals surface area contributed by atoms with E-state index in [4.69, 9.17) is 0 Å². The average molecular weight is 399 g/mol. The molecule has 30 heavy (non-hydrogen) atoms. The van der Waals surface area contributed by atoms with Gasteiger partial charge in [0, 0.05) is 42.6 Å². The van der Waals surface area contributed by atoms with Gasteiger partial charge in [0.1, 0.15) is 6.23 Å². The lowest BCUT2D eigenvalue weighted by molar-refractivity contribution is 0.149. The van der Waals surface area contributed by atoms with Crippen LogP contribution in [0.15, 0.2) is 61.1 Å². The fourth-order valence-electron chi connectivity index (χ4n) is 4.32. The van der Waals surface area contributed by atoms with Crippen LogP contribution in [0.5, 0.6) is 0 Å². The topological polar surface area (TPSA) is 66.2 Å². The normalized spacial score (nSPS) is 14.7. The Morgan fingerprint density at radius 1 is 1.07 bits per heavy atom. The second kappa shape index (κ2) is 7.55. The molecule has 0 fully saturated rings. The maximum absolute atomic E-state index is 10.2. The third-order valence-electron chi connectivity index (χ3n) is 5.86. The number of hydrogen-bond donors (Lipinski definition) is 2. The number of nitrogens with one attached hydrogen (secondary N) is 1. The molecule has 0 saturated heterocycles. The summed E-state index contributed by atoms with van der Waals surface area (Å²) in [6.45, 7) is 0.956. The molecule has 6 heteroatoms.